The van der Waals surface area contributed by atoms with Crippen molar-refractivity contribution in [3.63, 3.8) is 0 Å². The first-order valence-electron chi connectivity index (χ1n) is 8.48. The first-order chi connectivity index (χ1) is 10.8. The fourth-order valence-corrected chi connectivity index (χ4v) is 3.29. The van der Waals surface area contributed by atoms with E-state index >= 15 is 0 Å². The molecule has 1 amide bonds. The van der Waals surface area contributed by atoms with Crippen molar-refractivity contribution in [2.45, 2.75) is 39.2 Å². The van der Waals surface area contributed by atoms with Crippen LogP contribution in [0.25, 0.3) is 11.1 Å². The molecule has 1 aliphatic rings. The summed E-state index contributed by atoms with van der Waals surface area (Å²) in [7, 11) is 0. The number of rotatable bonds is 7. The van der Waals surface area contributed by atoms with Crippen LogP contribution in [0, 0.1) is 0 Å². The molecule has 0 saturated carbocycles. The van der Waals surface area contributed by atoms with Crippen LogP contribution in [0.2, 0.25) is 0 Å². The molecule has 0 atom stereocenters. The maximum atomic E-state index is 12.5. The molecule has 0 spiro atoms. The maximum absolute atomic E-state index is 12.5. The molecule has 2 aromatic rings. The summed E-state index contributed by atoms with van der Waals surface area (Å²) in [5.74, 6) is 0.0149. The minimum absolute atomic E-state index is 0.0149. The van der Waals surface area contributed by atoms with Crippen molar-refractivity contribution in [2.75, 3.05) is 26.2 Å². The van der Waals surface area contributed by atoms with Crippen LogP contribution in [-0.4, -0.2) is 36.7 Å². The lowest BCUT2D eigenvalue weighted by molar-refractivity contribution is -0.886. The molecular formula is C17H26N3O2+. The zero-order valence-corrected chi connectivity index (χ0v) is 13.4. The predicted octanol–water partition coefficient (Wildman–Crippen LogP) is 1.44. The van der Waals surface area contributed by atoms with Gasteiger partial charge in [-0.25, -0.2) is 0 Å². The number of hydrogen-bond donors (Lipinski definition) is 2. The van der Waals surface area contributed by atoms with Crippen LogP contribution < -0.4 is 10.2 Å². The third kappa shape index (κ3) is 3.19. The van der Waals surface area contributed by atoms with Crippen molar-refractivity contribution in [3.05, 3.63) is 24.1 Å². The molecule has 2 aromatic heterocycles. The van der Waals surface area contributed by atoms with Gasteiger partial charge in [-0.3, -0.25) is 4.79 Å². The van der Waals surface area contributed by atoms with E-state index in [1.54, 1.807) is 11.2 Å². The van der Waals surface area contributed by atoms with Crippen LogP contribution >= 0.6 is 0 Å². The van der Waals surface area contributed by atoms with Gasteiger partial charge in [-0.05, 0) is 6.42 Å². The Balaban J connectivity index is 1.65. The van der Waals surface area contributed by atoms with Crippen molar-refractivity contribution in [2.24, 2.45) is 0 Å². The lowest BCUT2D eigenvalue weighted by atomic mass is 10.3. The SMILES string of the molecule is CCCCn1c(C(=O)NCC[NH+]2CCCC2)cc2occc21. The van der Waals surface area contributed by atoms with Gasteiger partial charge in [-0.15, -0.1) is 0 Å². The number of carbonyl (C=O) groups excluding carboxylic acids is 1. The molecular weight excluding hydrogens is 278 g/mol. The number of aryl methyl sites for hydroxylation is 1. The number of nitrogens with zero attached hydrogens (tertiary/aromatic N) is 1. The first-order valence-corrected chi connectivity index (χ1v) is 8.48. The Hall–Kier alpha value is -1.75. The van der Waals surface area contributed by atoms with Gasteiger partial charge < -0.3 is 19.2 Å². The van der Waals surface area contributed by atoms with E-state index in [1.807, 2.05) is 12.1 Å². The molecule has 0 bridgehead atoms. The molecule has 0 aliphatic carbocycles. The summed E-state index contributed by atoms with van der Waals surface area (Å²) < 4.78 is 7.53. The van der Waals surface area contributed by atoms with Gasteiger partial charge in [-0.2, -0.15) is 0 Å². The van der Waals surface area contributed by atoms with Crippen LogP contribution in [0.5, 0.6) is 0 Å². The van der Waals surface area contributed by atoms with E-state index in [4.69, 9.17) is 4.42 Å². The number of likely N-dealkylation sites (tertiary alicyclic amines) is 1. The van der Waals surface area contributed by atoms with Crippen molar-refractivity contribution >= 4 is 17.0 Å². The van der Waals surface area contributed by atoms with E-state index in [0.717, 1.165) is 49.3 Å². The summed E-state index contributed by atoms with van der Waals surface area (Å²) in [6, 6.07) is 3.80. The number of aromatic nitrogens is 1. The number of fused-ring (bicyclic) bond motifs is 1. The second-order valence-corrected chi connectivity index (χ2v) is 6.17. The average Bonchev–Trinajstić information content (AvgIpc) is 3.22. The molecule has 5 heteroatoms. The molecule has 0 aromatic carbocycles. The van der Waals surface area contributed by atoms with E-state index in [2.05, 4.69) is 16.8 Å². The monoisotopic (exact) mass is 304 g/mol. The van der Waals surface area contributed by atoms with Gasteiger partial charge in [0.1, 0.15) is 5.69 Å². The van der Waals surface area contributed by atoms with Gasteiger partial charge >= 0.3 is 0 Å². The summed E-state index contributed by atoms with van der Waals surface area (Å²) in [6.45, 7) is 7.28. The molecule has 22 heavy (non-hydrogen) atoms. The zero-order valence-electron chi connectivity index (χ0n) is 13.4. The zero-order chi connectivity index (χ0) is 15.4. The molecule has 5 nitrogen and oxygen atoms in total. The third-order valence-electron chi connectivity index (χ3n) is 4.57. The Bertz CT molecular complexity index is 623. The quantitative estimate of drug-likeness (QED) is 0.813. The largest absolute Gasteiger partial charge is 0.463 e. The van der Waals surface area contributed by atoms with E-state index in [1.165, 1.54) is 25.9 Å². The van der Waals surface area contributed by atoms with E-state index < -0.39 is 0 Å². The fraction of sp³-hybridized carbons (Fsp3) is 0.588. The maximum Gasteiger partial charge on any atom is 0.268 e. The van der Waals surface area contributed by atoms with Crippen LogP contribution in [0.15, 0.2) is 22.8 Å². The summed E-state index contributed by atoms with van der Waals surface area (Å²) in [6.07, 6.45) is 6.49. The lowest BCUT2D eigenvalue weighted by Crippen LogP contribution is -3.10. The Morgan fingerprint density at radius 2 is 2.23 bits per heavy atom. The molecule has 3 rings (SSSR count). The summed E-state index contributed by atoms with van der Waals surface area (Å²) >= 11 is 0. The molecule has 3 heterocycles. The van der Waals surface area contributed by atoms with E-state index in [9.17, 15) is 4.79 Å². The molecule has 120 valence electrons. The second-order valence-electron chi connectivity index (χ2n) is 6.17. The normalized spacial score (nSPS) is 15.7. The number of hydrogen-bond acceptors (Lipinski definition) is 2. The van der Waals surface area contributed by atoms with Gasteiger partial charge in [0, 0.05) is 31.5 Å². The number of carbonyl (C=O) groups is 1. The van der Waals surface area contributed by atoms with Gasteiger partial charge in [0.2, 0.25) is 0 Å². The summed E-state index contributed by atoms with van der Waals surface area (Å²) in [5, 5.41) is 3.07. The lowest BCUT2D eigenvalue weighted by Gasteiger charge is -2.13. The van der Waals surface area contributed by atoms with Gasteiger partial charge in [0.05, 0.1) is 38.0 Å². The highest BCUT2D eigenvalue weighted by molar-refractivity contribution is 5.97. The van der Waals surface area contributed by atoms with E-state index in [-0.39, 0.29) is 5.91 Å². The molecule has 0 radical (unpaired) electrons. The van der Waals surface area contributed by atoms with Crippen LogP contribution in [0.1, 0.15) is 43.1 Å². The van der Waals surface area contributed by atoms with Gasteiger partial charge in [0.25, 0.3) is 5.91 Å². The summed E-state index contributed by atoms with van der Waals surface area (Å²) in [5.41, 5.74) is 2.54. The van der Waals surface area contributed by atoms with Crippen molar-refractivity contribution < 1.29 is 14.1 Å². The molecule has 1 saturated heterocycles. The van der Waals surface area contributed by atoms with Gasteiger partial charge in [-0.1, -0.05) is 13.3 Å². The molecule has 0 unspecified atom stereocenters. The number of amides is 1. The third-order valence-corrected chi connectivity index (χ3v) is 4.57. The average molecular weight is 304 g/mol. The van der Waals surface area contributed by atoms with Crippen LogP contribution in [-0.2, 0) is 6.54 Å². The van der Waals surface area contributed by atoms with Crippen molar-refractivity contribution in [1.29, 1.82) is 0 Å². The van der Waals surface area contributed by atoms with Crippen LogP contribution in [0.4, 0.5) is 0 Å². The second kappa shape index (κ2) is 7.01. The number of unbranched alkanes of at least 4 members (excludes halogenated alkanes) is 1. The van der Waals surface area contributed by atoms with Gasteiger partial charge in [0.15, 0.2) is 5.58 Å². The minimum atomic E-state index is 0.0149. The van der Waals surface area contributed by atoms with Crippen molar-refractivity contribution in [1.82, 2.24) is 9.88 Å². The number of quaternary nitrogens is 1. The standard InChI is InChI=1S/C17H25N3O2/c1-2-3-10-20-14-6-12-22-16(14)13-15(20)17(21)18-7-11-19-8-4-5-9-19/h6,12-13H,2-5,7-11H2,1H3,(H,18,21)/p+1. The molecule has 2 N–H and O–H groups in total. The number of nitrogens with one attached hydrogen (secondary N) is 2. The Labute approximate surface area is 131 Å². The molecule has 1 fully saturated rings. The fourth-order valence-electron chi connectivity index (χ4n) is 3.29. The Morgan fingerprint density at radius 3 is 3.00 bits per heavy atom. The van der Waals surface area contributed by atoms with Crippen LogP contribution in [0.3, 0.4) is 0 Å². The predicted molar refractivity (Wildman–Crippen MR) is 86.2 cm³/mol. The molecule has 1 aliphatic heterocycles. The summed E-state index contributed by atoms with van der Waals surface area (Å²) in [4.78, 5) is 14.1. The van der Waals surface area contributed by atoms with E-state index in [0.29, 0.717) is 0 Å². The van der Waals surface area contributed by atoms with Crippen molar-refractivity contribution in [3.8, 4) is 0 Å². The smallest absolute Gasteiger partial charge is 0.268 e. The highest BCUT2D eigenvalue weighted by Gasteiger charge is 2.18. The minimum Gasteiger partial charge on any atom is -0.463 e. The Morgan fingerprint density at radius 1 is 1.41 bits per heavy atom. The highest BCUT2D eigenvalue weighted by atomic mass is 16.3. The number of furan rings is 1. The first kappa shape index (κ1) is 15.2. The Kier molecular flexibility index (Phi) is 4.83. The highest BCUT2D eigenvalue weighted by Crippen LogP contribution is 2.21. The topological polar surface area (TPSA) is 51.6 Å².